The highest BCUT2D eigenvalue weighted by molar-refractivity contribution is 5.86. The number of methoxy groups -OCH3 is 1. The second kappa shape index (κ2) is 6.93. The third-order valence-corrected chi connectivity index (χ3v) is 6.22. The SMILES string of the molecule is COc1ccc(CC(=O)N2CC[C@@]3(CCCN(CC4CC4)C3=O)C2)cc1. The molecule has 2 heterocycles. The molecular weight excluding hydrogens is 328 g/mol. The maximum absolute atomic E-state index is 13.1. The predicted molar refractivity (Wildman–Crippen MR) is 98.9 cm³/mol. The normalized spacial score (nSPS) is 25.8. The van der Waals surface area contributed by atoms with Crippen LogP contribution in [-0.2, 0) is 16.0 Å². The lowest BCUT2D eigenvalue weighted by molar-refractivity contribution is -0.146. The zero-order valence-electron chi connectivity index (χ0n) is 15.6. The second-order valence-electron chi connectivity index (χ2n) is 8.17. The molecule has 0 unspecified atom stereocenters. The Morgan fingerprint density at radius 1 is 1.19 bits per heavy atom. The first-order valence-corrected chi connectivity index (χ1v) is 9.80. The number of likely N-dealkylation sites (tertiary alicyclic amines) is 2. The summed E-state index contributed by atoms with van der Waals surface area (Å²) >= 11 is 0. The van der Waals surface area contributed by atoms with Gasteiger partial charge in [0.05, 0.1) is 18.9 Å². The van der Waals surface area contributed by atoms with E-state index in [9.17, 15) is 9.59 Å². The highest BCUT2D eigenvalue weighted by Crippen LogP contribution is 2.41. The predicted octanol–water partition coefficient (Wildman–Crippen LogP) is 2.49. The van der Waals surface area contributed by atoms with Gasteiger partial charge >= 0.3 is 0 Å². The smallest absolute Gasteiger partial charge is 0.230 e. The van der Waals surface area contributed by atoms with E-state index in [0.717, 1.165) is 49.6 Å². The number of hydrogen-bond acceptors (Lipinski definition) is 3. The molecule has 2 saturated heterocycles. The van der Waals surface area contributed by atoms with Crippen LogP contribution in [0.25, 0.3) is 0 Å². The Morgan fingerprint density at radius 3 is 2.65 bits per heavy atom. The average Bonchev–Trinajstić information content (AvgIpc) is 3.37. The third kappa shape index (κ3) is 3.44. The lowest BCUT2D eigenvalue weighted by Crippen LogP contribution is -2.51. The van der Waals surface area contributed by atoms with Crippen LogP contribution in [0.3, 0.4) is 0 Å². The summed E-state index contributed by atoms with van der Waals surface area (Å²) < 4.78 is 5.17. The highest BCUT2D eigenvalue weighted by Gasteiger charge is 2.49. The first-order valence-electron chi connectivity index (χ1n) is 9.80. The summed E-state index contributed by atoms with van der Waals surface area (Å²) in [7, 11) is 1.64. The Bertz CT molecular complexity index is 683. The molecule has 0 aromatic heterocycles. The van der Waals surface area contributed by atoms with Crippen molar-refractivity contribution in [3.8, 4) is 5.75 Å². The van der Waals surface area contributed by atoms with E-state index >= 15 is 0 Å². The molecule has 4 rings (SSSR count). The van der Waals surface area contributed by atoms with Gasteiger partial charge < -0.3 is 14.5 Å². The molecule has 1 aromatic rings. The molecule has 2 aliphatic heterocycles. The molecule has 26 heavy (non-hydrogen) atoms. The highest BCUT2D eigenvalue weighted by atomic mass is 16.5. The Kier molecular flexibility index (Phi) is 4.63. The summed E-state index contributed by atoms with van der Waals surface area (Å²) in [5.41, 5.74) is 0.671. The zero-order chi connectivity index (χ0) is 18.1. The van der Waals surface area contributed by atoms with Gasteiger partial charge in [-0.3, -0.25) is 9.59 Å². The number of piperidine rings is 1. The van der Waals surface area contributed by atoms with E-state index in [1.807, 2.05) is 29.2 Å². The summed E-state index contributed by atoms with van der Waals surface area (Å²) in [6.07, 6.45) is 5.74. The van der Waals surface area contributed by atoms with Crippen molar-refractivity contribution in [3.63, 3.8) is 0 Å². The molecule has 3 aliphatic rings. The van der Waals surface area contributed by atoms with Gasteiger partial charge in [-0.15, -0.1) is 0 Å². The summed E-state index contributed by atoms with van der Waals surface area (Å²) in [6, 6.07) is 7.64. The molecule has 1 spiro atoms. The van der Waals surface area contributed by atoms with Gasteiger partial charge in [0.25, 0.3) is 0 Å². The van der Waals surface area contributed by atoms with Crippen LogP contribution in [0.5, 0.6) is 5.75 Å². The molecule has 1 aliphatic carbocycles. The lowest BCUT2D eigenvalue weighted by atomic mass is 9.78. The van der Waals surface area contributed by atoms with Crippen LogP contribution in [0.15, 0.2) is 24.3 Å². The van der Waals surface area contributed by atoms with Crippen LogP contribution in [-0.4, -0.2) is 54.9 Å². The number of benzene rings is 1. The van der Waals surface area contributed by atoms with Crippen LogP contribution in [0.1, 0.15) is 37.7 Å². The number of carbonyl (C=O) groups is 2. The van der Waals surface area contributed by atoms with Gasteiger partial charge in [0.2, 0.25) is 11.8 Å². The van der Waals surface area contributed by atoms with Gasteiger partial charge in [-0.25, -0.2) is 0 Å². The number of rotatable bonds is 5. The fraction of sp³-hybridized carbons (Fsp3) is 0.619. The summed E-state index contributed by atoms with van der Waals surface area (Å²) in [5.74, 6) is 1.95. The molecule has 0 bridgehead atoms. The fourth-order valence-corrected chi connectivity index (χ4v) is 4.43. The number of amides is 2. The van der Waals surface area contributed by atoms with Gasteiger partial charge in [0.15, 0.2) is 0 Å². The van der Waals surface area contributed by atoms with Crippen molar-refractivity contribution in [2.24, 2.45) is 11.3 Å². The van der Waals surface area contributed by atoms with Gasteiger partial charge in [0.1, 0.15) is 5.75 Å². The molecule has 1 aromatic carbocycles. The third-order valence-electron chi connectivity index (χ3n) is 6.22. The minimum atomic E-state index is -0.317. The summed E-state index contributed by atoms with van der Waals surface area (Å²) in [6.45, 7) is 3.14. The van der Waals surface area contributed by atoms with E-state index in [4.69, 9.17) is 4.74 Å². The molecule has 0 N–H and O–H groups in total. The Labute approximate surface area is 155 Å². The molecule has 5 nitrogen and oxygen atoms in total. The maximum Gasteiger partial charge on any atom is 0.230 e. The Balaban J connectivity index is 1.38. The van der Waals surface area contributed by atoms with Crippen molar-refractivity contribution in [1.82, 2.24) is 9.80 Å². The number of ether oxygens (including phenoxy) is 1. The molecule has 0 radical (unpaired) electrons. The Morgan fingerprint density at radius 2 is 1.96 bits per heavy atom. The van der Waals surface area contributed by atoms with Gasteiger partial charge in [-0.2, -0.15) is 0 Å². The molecular formula is C21H28N2O3. The van der Waals surface area contributed by atoms with Crippen molar-refractivity contribution >= 4 is 11.8 Å². The number of hydrogen-bond donors (Lipinski definition) is 0. The average molecular weight is 356 g/mol. The fourth-order valence-electron chi connectivity index (χ4n) is 4.43. The van der Waals surface area contributed by atoms with E-state index in [1.165, 1.54) is 12.8 Å². The minimum Gasteiger partial charge on any atom is -0.497 e. The first kappa shape index (κ1) is 17.4. The van der Waals surface area contributed by atoms with Crippen molar-refractivity contribution in [3.05, 3.63) is 29.8 Å². The lowest BCUT2D eigenvalue weighted by Gasteiger charge is -2.39. The summed E-state index contributed by atoms with van der Waals surface area (Å²) in [5, 5.41) is 0. The van der Waals surface area contributed by atoms with Crippen molar-refractivity contribution in [1.29, 1.82) is 0 Å². The maximum atomic E-state index is 13.1. The van der Waals surface area contributed by atoms with E-state index in [2.05, 4.69) is 4.90 Å². The first-order chi connectivity index (χ1) is 12.6. The molecule has 5 heteroatoms. The quantitative estimate of drug-likeness (QED) is 0.814. The van der Waals surface area contributed by atoms with Gasteiger partial charge in [0, 0.05) is 26.2 Å². The molecule has 3 fully saturated rings. The van der Waals surface area contributed by atoms with Crippen molar-refractivity contribution in [2.75, 3.05) is 33.3 Å². The van der Waals surface area contributed by atoms with Gasteiger partial charge in [-0.05, 0) is 55.7 Å². The van der Waals surface area contributed by atoms with Crippen LogP contribution in [0.4, 0.5) is 0 Å². The zero-order valence-corrected chi connectivity index (χ0v) is 15.6. The van der Waals surface area contributed by atoms with E-state index in [-0.39, 0.29) is 11.3 Å². The molecule has 2 amide bonds. The molecule has 140 valence electrons. The van der Waals surface area contributed by atoms with E-state index in [1.54, 1.807) is 7.11 Å². The van der Waals surface area contributed by atoms with E-state index in [0.29, 0.717) is 25.4 Å². The minimum absolute atomic E-state index is 0.124. The Hall–Kier alpha value is -2.04. The largest absolute Gasteiger partial charge is 0.497 e. The topological polar surface area (TPSA) is 49.9 Å². The monoisotopic (exact) mass is 356 g/mol. The summed E-state index contributed by atoms with van der Waals surface area (Å²) in [4.78, 5) is 29.8. The van der Waals surface area contributed by atoms with Crippen LogP contribution < -0.4 is 4.74 Å². The van der Waals surface area contributed by atoms with Crippen LogP contribution >= 0.6 is 0 Å². The standard InChI is InChI=1S/C21H28N2O3/c1-26-18-7-5-16(6-8-18)13-19(24)23-12-10-21(15-23)9-2-11-22(20(21)25)14-17-3-4-17/h5-8,17H,2-4,9-15H2,1H3/t21-/m0/s1. The van der Waals surface area contributed by atoms with Crippen molar-refractivity contribution < 1.29 is 14.3 Å². The molecule has 1 saturated carbocycles. The number of nitrogens with zero attached hydrogens (tertiary/aromatic N) is 2. The van der Waals surface area contributed by atoms with Gasteiger partial charge in [-0.1, -0.05) is 12.1 Å². The number of carbonyl (C=O) groups excluding carboxylic acids is 2. The van der Waals surface area contributed by atoms with Crippen molar-refractivity contribution in [2.45, 2.75) is 38.5 Å². The molecule has 1 atom stereocenters. The van der Waals surface area contributed by atoms with Crippen LogP contribution in [0, 0.1) is 11.3 Å². The second-order valence-corrected chi connectivity index (χ2v) is 8.17. The van der Waals surface area contributed by atoms with Crippen LogP contribution in [0.2, 0.25) is 0 Å². The van der Waals surface area contributed by atoms with E-state index < -0.39 is 0 Å².